The summed E-state index contributed by atoms with van der Waals surface area (Å²) in [6, 6.07) is -0.131. The predicted octanol–water partition coefficient (Wildman–Crippen LogP) is 0.557. The number of aryl methyl sites for hydroxylation is 1. The van der Waals surface area contributed by atoms with Crippen molar-refractivity contribution >= 4 is 5.91 Å². The number of likely N-dealkylation sites (tertiary alicyclic amines) is 1. The van der Waals surface area contributed by atoms with Crippen molar-refractivity contribution in [3.05, 3.63) is 18.0 Å². The Hall–Kier alpha value is -1.44. The van der Waals surface area contributed by atoms with Gasteiger partial charge in [0.05, 0.1) is 31.6 Å². The first-order valence-corrected chi connectivity index (χ1v) is 8.92. The second kappa shape index (κ2) is 8.09. The van der Waals surface area contributed by atoms with Crippen LogP contribution in [0, 0.1) is 0 Å². The fourth-order valence-electron chi connectivity index (χ4n) is 3.79. The molecule has 7 heteroatoms. The third-order valence-corrected chi connectivity index (χ3v) is 4.95. The molecule has 134 valence electrons. The summed E-state index contributed by atoms with van der Waals surface area (Å²) in [5, 5.41) is 13.4. The Labute approximate surface area is 143 Å². The molecule has 1 aromatic rings. The number of aliphatic hydroxyl groups is 1. The second-order valence-corrected chi connectivity index (χ2v) is 6.72. The van der Waals surface area contributed by atoms with Crippen LogP contribution in [0.5, 0.6) is 0 Å². The molecule has 1 aromatic heterocycles. The molecule has 2 aliphatic rings. The fraction of sp³-hybridized carbons (Fsp3) is 0.765. The molecule has 2 aliphatic heterocycles. The summed E-state index contributed by atoms with van der Waals surface area (Å²) in [5.74, 6) is -0.0155. The van der Waals surface area contributed by atoms with E-state index in [2.05, 4.69) is 10.00 Å². The number of piperidine rings is 1. The number of morpholine rings is 1. The molecule has 0 radical (unpaired) electrons. The van der Waals surface area contributed by atoms with E-state index in [4.69, 9.17) is 9.84 Å². The quantitative estimate of drug-likeness (QED) is 0.851. The van der Waals surface area contributed by atoms with Gasteiger partial charge in [-0.3, -0.25) is 9.48 Å². The van der Waals surface area contributed by atoms with E-state index >= 15 is 0 Å². The van der Waals surface area contributed by atoms with Crippen molar-refractivity contribution in [2.45, 2.75) is 37.8 Å². The van der Waals surface area contributed by atoms with Gasteiger partial charge in [0.1, 0.15) is 0 Å². The number of carbonyl (C=O) groups is 1. The predicted molar refractivity (Wildman–Crippen MR) is 89.4 cm³/mol. The summed E-state index contributed by atoms with van der Waals surface area (Å²) in [5.41, 5.74) is 1.01. The van der Waals surface area contributed by atoms with E-state index in [0.29, 0.717) is 13.2 Å². The zero-order valence-electron chi connectivity index (χ0n) is 14.4. The van der Waals surface area contributed by atoms with Crippen LogP contribution in [-0.4, -0.2) is 76.1 Å². The lowest BCUT2D eigenvalue weighted by Gasteiger charge is -2.43. The molecule has 7 nitrogen and oxygen atoms in total. The molecule has 3 heterocycles. The molecule has 0 saturated carbocycles. The Morgan fingerprint density at radius 2 is 2.12 bits per heavy atom. The highest BCUT2D eigenvalue weighted by atomic mass is 16.5. The molecule has 1 amide bonds. The Morgan fingerprint density at radius 3 is 2.79 bits per heavy atom. The number of rotatable bonds is 5. The standard InChI is InChI=1S/C17H28N4O3/c1-19-12-14(11-18-19)17-15(13-20-6-3-2-4-7-20)24-10-8-21(17)16(23)5-9-22/h11-12,15,17,22H,2-10,13H2,1H3/t15-,17-/m0/s1. The first-order valence-electron chi connectivity index (χ1n) is 8.92. The van der Waals surface area contributed by atoms with Gasteiger partial charge in [-0.05, 0) is 25.9 Å². The summed E-state index contributed by atoms with van der Waals surface area (Å²) in [6.07, 6.45) is 7.66. The van der Waals surface area contributed by atoms with Crippen molar-refractivity contribution < 1.29 is 14.6 Å². The molecule has 0 unspecified atom stereocenters. The number of nitrogens with zero attached hydrogens (tertiary/aromatic N) is 4. The molecule has 0 aliphatic carbocycles. The van der Waals surface area contributed by atoms with E-state index < -0.39 is 0 Å². The second-order valence-electron chi connectivity index (χ2n) is 6.72. The minimum Gasteiger partial charge on any atom is -0.396 e. The smallest absolute Gasteiger partial charge is 0.225 e. The zero-order chi connectivity index (χ0) is 16.9. The highest BCUT2D eigenvalue weighted by Crippen LogP contribution is 2.31. The van der Waals surface area contributed by atoms with Gasteiger partial charge in [-0.25, -0.2) is 0 Å². The summed E-state index contributed by atoms with van der Waals surface area (Å²) in [4.78, 5) is 16.8. The van der Waals surface area contributed by atoms with Crippen molar-refractivity contribution in [3.8, 4) is 0 Å². The van der Waals surface area contributed by atoms with E-state index in [0.717, 1.165) is 25.2 Å². The van der Waals surface area contributed by atoms with Crippen LogP contribution in [0.3, 0.4) is 0 Å². The highest BCUT2D eigenvalue weighted by molar-refractivity contribution is 5.77. The van der Waals surface area contributed by atoms with Gasteiger partial charge < -0.3 is 19.6 Å². The molecule has 1 N–H and O–H groups in total. The molecular weight excluding hydrogens is 308 g/mol. The minimum absolute atomic E-state index is 0.0155. The van der Waals surface area contributed by atoms with E-state index in [1.165, 1.54) is 19.3 Å². The lowest BCUT2D eigenvalue weighted by Crippen LogP contribution is -2.52. The zero-order valence-corrected chi connectivity index (χ0v) is 14.4. The van der Waals surface area contributed by atoms with E-state index in [1.54, 1.807) is 4.68 Å². The number of ether oxygens (including phenoxy) is 1. The first-order chi connectivity index (χ1) is 11.7. The SMILES string of the molecule is Cn1cc([C@H]2[C@H](CN3CCCCC3)OCCN2C(=O)CCO)cn1. The average Bonchev–Trinajstić information content (AvgIpc) is 3.02. The number of hydrogen-bond donors (Lipinski definition) is 1. The topological polar surface area (TPSA) is 70.8 Å². The lowest BCUT2D eigenvalue weighted by atomic mass is 9.99. The maximum Gasteiger partial charge on any atom is 0.225 e. The van der Waals surface area contributed by atoms with E-state index in [-0.39, 0.29) is 31.1 Å². The number of hydrogen-bond acceptors (Lipinski definition) is 5. The molecule has 0 aromatic carbocycles. The third-order valence-electron chi connectivity index (χ3n) is 4.95. The molecule has 2 saturated heterocycles. The fourth-order valence-corrected chi connectivity index (χ4v) is 3.79. The van der Waals surface area contributed by atoms with Crippen LogP contribution >= 0.6 is 0 Å². The molecule has 2 atom stereocenters. The van der Waals surface area contributed by atoms with Crippen LogP contribution < -0.4 is 0 Å². The molecule has 0 spiro atoms. The van der Waals surface area contributed by atoms with Crippen LogP contribution in [0.25, 0.3) is 0 Å². The Bertz CT molecular complexity index is 542. The number of aliphatic hydroxyl groups excluding tert-OH is 1. The van der Waals surface area contributed by atoms with Crippen molar-refractivity contribution in [2.75, 3.05) is 39.4 Å². The van der Waals surface area contributed by atoms with Gasteiger partial charge in [0.2, 0.25) is 5.91 Å². The van der Waals surface area contributed by atoms with Crippen molar-refractivity contribution in [1.29, 1.82) is 0 Å². The number of carbonyl (C=O) groups excluding carboxylic acids is 1. The normalized spacial score (nSPS) is 25.8. The van der Waals surface area contributed by atoms with Gasteiger partial charge in [-0.15, -0.1) is 0 Å². The van der Waals surface area contributed by atoms with E-state index in [1.807, 2.05) is 24.3 Å². The molecule has 0 bridgehead atoms. The van der Waals surface area contributed by atoms with Gasteiger partial charge in [-0.1, -0.05) is 6.42 Å². The van der Waals surface area contributed by atoms with Crippen molar-refractivity contribution in [1.82, 2.24) is 19.6 Å². The first kappa shape index (κ1) is 17.4. The maximum absolute atomic E-state index is 12.5. The minimum atomic E-state index is -0.131. The Kier molecular flexibility index (Phi) is 5.86. The molecule has 3 rings (SSSR count). The Balaban J connectivity index is 1.80. The van der Waals surface area contributed by atoms with Gasteiger partial charge in [-0.2, -0.15) is 5.10 Å². The summed E-state index contributed by atoms with van der Waals surface area (Å²) >= 11 is 0. The van der Waals surface area contributed by atoms with Crippen LogP contribution in [0.2, 0.25) is 0 Å². The van der Waals surface area contributed by atoms with Gasteiger partial charge >= 0.3 is 0 Å². The highest BCUT2D eigenvalue weighted by Gasteiger charge is 2.37. The Morgan fingerprint density at radius 1 is 1.33 bits per heavy atom. The van der Waals surface area contributed by atoms with Crippen LogP contribution in [0.1, 0.15) is 37.3 Å². The van der Waals surface area contributed by atoms with Gasteiger partial charge in [0, 0.05) is 38.3 Å². The summed E-state index contributed by atoms with van der Waals surface area (Å²) < 4.78 is 7.84. The summed E-state index contributed by atoms with van der Waals surface area (Å²) in [6.45, 7) is 4.03. The van der Waals surface area contributed by atoms with Crippen LogP contribution in [0.15, 0.2) is 12.4 Å². The lowest BCUT2D eigenvalue weighted by molar-refractivity contribution is -0.149. The molecule has 2 fully saturated rings. The van der Waals surface area contributed by atoms with Gasteiger partial charge in [0.15, 0.2) is 0 Å². The summed E-state index contributed by atoms with van der Waals surface area (Å²) in [7, 11) is 1.88. The number of amides is 1. The number of aromatic nitrogens is 2. The van der Waals surface area contributed by atoms with Crippen molar-refractivity contribution in [3.63, 3.8) is 0 Å². The average molecular weight is 336 g/mol. The van der Waals surface area contributed by atoms with Gasteiger partial charge in [0.25, 0.3) is 0 Å². The monoisotopic (exact) mass is 336 g/mol. The third kappa shape index (κ3) is 3.96. The molecule has 24 heavy (non-hydrogen) atoms. The molecular formula is C17H28N4O3. The van der Waals surface area contributed by atoms with Crippen LogP contribution in [0.4, 0.5) is 0 Å². The largest absolute Gasteiger partial charge is 0.396 e. The maximum atomic E-state index is 12.5. The van der Waals surface area contributed by atoms with E-state index in [9.17, 15) is 4.79 Å². The van der Waals surface area contributed by atoms with Crippen LogP contribution in [-0.2, 0) is 16.6 Å². The van der Waals surface area contributed by atoms with Crippen molar-refractivity contribution in [2.24, 2.45) is 7.05 Å².